The fourth-order valence-corrected chi connectivity index (χ4v) is 4.48. The molecule has 0 unspecified atom stereocenters. The third-order valence-corrected chi connectivity index (χ3v) is 6.28. The molecule has 12 heteroatoms. The highest BCUT2D eigenvalue weighted by molar-refractivity contribution is 6.35. The molecule has 11 nitrogen and oxygen atoms in total. The number of carbonyl (C=O) groups excluding carboxylic acids is 3. The number of aromatic nitrogens is 2. The van der Waals surface area contributed by atoms with Crippen LogP contribution < -0.4 is 16.2 Å². The van der Waals surface area contributed by atoms with E-state index in [1.807, 2.05) is 0 Å². The molecule has 1 aromatic carbocycles. The molecule has 1 aliphatic rings. The summed E-state index contributed by atoms with van der Waals surface area (Å²) in [5, 5.41) is 22.9. The zero-order valence-corrected chi connectivity index (χ0v) is 22.6. The van der Waals surface area contributed by atoms with E-state index in [0.717, 1.165) is 0 Å². The lowest BCUT2D eigenvalue weighted by atomic mass is 9.85. The van der Waals surface area contributed by atoms with Crippen molar-refractivity contribution in [1.29, 1.82) is 0 Å². The fraction of sp³-hybridized carbons (Fsp3) is 0.560. The lowest BCUT2D eigenvalue weighted by Crippen LogP contribution is -2.58. The topological polar surface area (TPSA) is 154 Å². The zero-order valence-electron chi connectivity index (χ0n) is 21.8. The Hall–Kier alpha value is -3.18. The van der Waals surface area contributed by atoms with Crippen molar-refractivity contribution >= 4 is 40.3 Å². The molecule has 1 aromatic heterocycles. The van der Waals surface area contributed by atoms with Crippen LogP contribution in [0.4, 0.5) is 4.79 Å². The van der Waals surface area contributed by atoms with Crippen molar-refractivity contribution < 1.29 is 24.2 Å². The SMILES string of the molecule is CC(C)(C)OC(=O)N[C@H](C(=O)N1C[C@H](O)C[C@H]1C(=O)NCc1ccc(Cl)c2c(=O)[nH]ncc12)C(C)(C)C. The number of halogens is 1. The van der Waals surface area contributed by atoms with Gasteiger partial charge in [-0.05, 0) is 37.8 Å². The number of hydrogen-bond acceptors (Lipinski definition) is 7. The molecule has 3 atom stereocenters. The van der Waals surface area contributed by atoms with Gasteiger partial charge in [-0.1, -0.05) is 38.4 Å². The predicted octanol–water partition coefficient (Wildman–Crippen LogP) is 2.09. The fourth-order valence-electron chi connectivity index (χ4n) is 4.23. The number of H-pyrrole nitrogens is 1. The number of aromatic amines is 1. The van der Waals surface area contributed by atoms with Crippen molar-refractivity contribution in [3.63, 3.8) is 0 Å². The number of alkyl carbamates (subject to hydrolysis) is 1. The van der Waals surface area contributed by atoms with Crippen molar-refractivity contribution in [3.05, 3.63) is 39.3 Å². The third-order valence-electron chi connectivity index (χ3n) is 5.96. The van der Waals surface area contributed by atoms with Gasteiger partial charge in [0, 0.05) is 24.9 Å². The standard InChI is InChI=1S/C25H34ClN5O6/c1-24(2,3)19(29-23(36)37-25(4,5)6)22(35)31-12-14(32)9-17(31)20(33)27-10-13-7-8-16(26)18-15(13)11-28-30-21(18)34/h7-8,11,14,17,19,32H,9-10,12H2,1-6H3,(H,27,33)(H,29,36)(H,30,34)/t14-,17+,19-/m1/s1. The number of amides is 3. The lowest BCUT2D eigenvalue weighted by Gasteiger charge is -2.35. The first-order valence-electron chi connectivity index (χ1n) is 12.0. The van der Waals surface area contributed by atoms with E-state index in [-0.39, 0.29) is 29.9 Å². The van der Waals surface area contributed by atoms with E-state index in [9.17, 15) is 24.3 Å². The van der Waals surface area contributed by atoms with Crippen molar-refractivity contribution in [2.24, 2.45) is 5.41 Å². The van der Waals surface area contributed by atoms with E-state index in [0.29, 0.717) is 10.9 Å². The summed E-state index contributed by atoms with van der Waals surface area (Å²) in [6, 6.07) is 1.29. The van der Waals surface area contributed by atoms with Gasteiger partial charge < -0.3 is 25.4 Å². The maximum absolute atomic E-state index is 13.6. The average Bonchev–Trinajstić information content (AvgIpc) is 3.16. The lowest BCUT2D eigenvalue weighted by molar-refractivity contribution is -0.142. The number of aliphatic hydroxyl groups excluding tert-OH is 1. The van der Waals surface area contributed by atoms with E-state index in [2.05, 4.69) is 20.8 Å². The first-order valence-corrected chi connectivity index (χ1v) is 12.4. The monoisotopic (exact) mass is 535 g/mol. The number of carbonyl (C=O) groups is 3. The van der Waals surface area contributed by atoms with Gasteiger partial charge in [0.25, 0.3) is 5.56 Å². The summed E-state index contributed by atoms with van der Waals surface area (Å²) in [7, 11) is 0. The van der Waals surface area contributed by atoms with Gasteiger partial charge >= 0.3 is 6.09 Å². The Morgan fingerprint density at radius 3 is 2.54 bits per heavy atom. The van der Waals surface area contributed by atoms with Crippen LogP contribution in [0.5, 0.6) is 0 Å². The molecular formula is C25H34ClN5O6. The van der Waals surface area contributed by atoms with Crippen LogP contribution in [0, 0.1) is 5.41 Å². The second-order valence-corrected chi connectivity index (χ2v) is 11.7. The molecule has 0 radical (unpaired) electrons. The predicted molar refractivity (Wildman–Crippen MR) is 138 cm³/mol. The van der Waals surface area contributed by atoms with Crippen molar-refractivity contribution in [3.8, 4) is 0 Å². The van der Waals surface area contributed by atoms with Crippen LogP contribution in [0.25, 0.3) is 10.8 Å². The number of benzene rings is 1. The molecule has 4 N–H and O–H groups in total. The van der Waals surface area contributed by atoms with Gasteiger partial charge in [-0.25, -0.2) is 9.89 Å². The van der Waals surface area contributed by atoms with Gasteiger partial charge in [-0.3, -0.25) is 14.4 Å². The third kappa shape index (κ3) is 6.78. The zero-order chi connectivity index (χ0) is 27.7. The van der Waals surface area contributed by atoms with E-state index in [1.54, 1.807) is 53.7 Å². The molecule has 2 aromatic rings. The van der Waals surface area contributed by atoms with E-state index < -0.39 is 52.7 Å². The summed E-state index contributed by atoms with van der Waals surface area (Å²) >= 11 is 6.16. The number of ether oxygens (including phenoxy) is 1. The molecule has 3 rings (SSSR count). The Bertz CT molecular complexity index is 1250. The molecule has 0 aliphatic carbocycles. The molecule has 1 fully saturated rings. The van der Waals surface area contributed by atoms with Crippen LogP contribution in [0.2, 0.25) is 5.02 Å². The molecule has 0 spiro atoms. The summed E-state index contributed by atoms with van der Waals surface area (Å²) < 4.78 is 5.32. The van der Waals surface area contributed by atoms with E-state index in [1.165, 1.54) is 11.1 Å². The Morgan fingerprint density at radius 1 is 1.24 bits per heavy atom. The summed E-state index contributed by atoms with van der Waals surface area (Å²) in [6.45, 7) is 10.5. The molecule has 2 heterocycles. The van der Waals surface area contributed by atoms with E-state index in [4.69, 9.17) is 16.3 Å². The Kier molecular flexibility index (Phi) is 8.18. The summed E-state index contributed by atoms with van der Waals surface area (Å²) in [4.78, 5) is 52.7. The number of nitrogens with one attached hydrogen (secondary N) is 3. The number of likely N-dealkylation sites (tertiary alicyclic amines) is 1. The van der Waals surface area contributed by atoms with Crippen molar-refractivity contribution in [2.75, 3.05) is 6.54 Å². The number of nitrogens with zero attached hydrogens (tertiary/aromatic N) is 2. The first kappa shape index (κ1) is 28.4. The van der Waals surface area contributed by atoms with Gasteiger partial charge in [-0.15, -0.1) is 0 Å². The Labute approximate surface area is 219 Å². The molecule has 3 amide bonds. The number of aliphatic hydroxyl groups is 1. The highest BCUT2D eigenvalue weighted by atomic mass is 35.5. The van der Waals surface area contributed by atoms with Crippen molar-refractivity contribution in [2.45, 2.75) is 78.3 Å². The number of fused-ring (bicyclic) bond motifs is 1. The maximum Gasteiger partial charge on any atom is 0.408 e. The van der Waals surface area contributed by atoms with Crippen LogP contribution in [0.3, 0.4) is 0 Å². The van der Waals surface area contributed by atoms with Gasteiger partial charge in [0.05, 0.1) is 22.7 Å². The molecule has 202 valence electrons. The number of rotatable bonds is 5. The molecular weight excluding hydrogens is 502 g/mol. The number of hydrogen-bond donors (Lipinski definition) is 4. The minimum Gasteiger partial charge on any atom is -0.444 e. The average molecular weight is 536 g/mol. The van der Waals surface area contributed by atoms with E-state index >= 15 is 0 Å². The van der Waals surface area contributed by atoms with Crippen LogP contribution in [-0.2, 0) is 20.9 Å². The highest BCUT2D eigenvalue weighted by Crippen LogP contribution is 2.27. The molecule has 37 heavy (non-hydrogen) atoms. The van der Waals surface area contributed by atoms with Gasteiger partial charge in [0.2, 0.25) is 11.8 Å². The minimum absolute atomic E-state index is 0.0451. The first-order chi connectivity index (χ1) is 17.1. The van der Waals surface area contributed by atoms with Gasteiger partial charge in [-0.2, -0.15) is 5.10 Å². The van der Waals surface area contributed by atoms with Crippen molar-refractivity contribution in [1.82, 2.24) is 25.7 Å². The second kappa shape index (κ2) is 10.7. The minimum atomic E-state index is -0.999. The largest absolute Gasteiger partial charge is 0.444 e. The Morgan fingerprint density at radius 2 is 1.92 bits per heavy atom. The summed E-state index contributed by atoms with van der Waals surface area (Å²) in [5.74, 6) is -0.974. The molecule has 1 saturated heterocycles. The second-order valence-electron chi connectivity index (χ2n) is 11.3. The maximum atomic E-state index is 13.6. The van der Waals surface area contributed by atoms with Crippen LogP contribution in [-0.4, -0.2) is 68.4 Å². The van der Waals surface area contributed by atoms with Crippen LogP contribution in [0.15, 0.2) is 23.1 Å². The quantitative estimate of drug-likeness (QED) is 0.457. The normalized spacial score (nSPS) is 19.0. The summed E-state index contributed by atoms with van der Waals surface area (Å²) in [5.41, 5.74) is -1.29. The molecule has 0 saturated carbocycles. The van der Waals surface area contributed by atoms with Gasteiger partial charge in [0.15, 0.2) is 0 Å². The highest BCUT2D eigenvalue weighted by Gasteiger charge is 2.44. The molecule has 0 bridgehead atoms. The number of β-amino-alcohol motifs (C(OH)–C–C–N with tert-alkyl or cyclic N) is 1. The smallest absolute Gasteiger partial charge is 0.408 e. The molecule has 1 aliphatic heterocycles. The van der Waals surface area contributed by atoms with Crippen LogP contribution in [0.1, 0.15) is 53.5 Å². The van der Waals surface area contributed by atoms with Gasteiger partial charge in [0.1, 0.15) is 17.7 Å². The Balaban J connectivity index is 1.79. The van der Waals surface area contributed by atoms with Crippen LogP contribution >= 0.6 is 11.6 Å². The summed E-state index contributed by atoms with van der Waals surface area (Å²) in [6.07, 6.45) is -0.153.